The Morgan fingerprint density at radius 2 is 1.68 bits per heavy atom. The smallest absolute Gasteiger partial charge is 0.243 e. The molecule has 0 atom stereocenters. The fraction of sp³-hybridized carbons (Fsp3) is 0.462. The summed E-state index contributed by atoms with van der Waals surface area (Å²) in [6, 6.07) is 16.0. The topological polar surface area (TPSA) is 93.5 Å². The van der Waals surface area contributed by atoms with E-state index in [0.717, 1.165) is 31.2 Å². The van der Waals surface area contributed by atoms with Crippen LogP contribution in [0.3, 0.4) is 0 Å². The van der Waals surface area contributed by atoms with Crippen molar-refractivity contribution in [1.29, 1.82) is 5.26 Å². The highest BCUT2D eigenvalue weighted by molar-refractivity contribution is 7.89. The molecule has 182 valence electrons. The molecule has 3 rings (SSSR count). The van der Waals surface area contributed by atoms with E-state index in [0.29, 0.717) is 17.8 Å². The molecule has 0 heterocycles. The summed E-state index contributed by atoms with van der Waals surface area (Å²) >= 11 is 0. The number of benzene rings is 2. The van der Waals surface area contributed by atoms with E-state index < -0.39 is 10.0 Å². The van der Waals surface area contributed by atoms with Crippen LogP contribution in [0.5, 0.6) is 0 Å². The predicted molar refractivity (Wildman–Crippen MR) is 134 cm³/mol. The Balaban J connectivity index is 1.61. The van der Waals surface area contributed by atoms with Gasteiger partial charge in [-0.05, 0) is 68.7 Å². The van der Waals surface area contributed by atoms with Crippen LogP contribution in [0.2, 0.25) is 0 Å². The summed E-state index contributed by atoms with van der Waals surface area (Å²) in [6.07, 6.45) is 5.10. The molecule has 0 aromatic heterocycles. The van der Waals surface area contributed by atoms with Gasteiger partial charge in [0, 0.05) is 31.4 Å². The number of hydrogen-bond acceptors (Lipinski definition) is 5. The number of rotatable bonds is 9. The molecule has 1 N–H and O–H groups in total. The summed E-state index contributed by atoms with van der Waals surface area (Å²) in [5.74, 6) is -0.169. The van der Waals surface area contributed by atoms with Crippen LogP contribution in [0.4, 0.5) is 5.69 Å². The molecule has 1 amide bonds. The van der Waals surface area contributed by atoms with E-state index >= 15 is 0 Å². The highest BCUT2D eigenvalue weighted by Gasteiger charge is 2.29. The van der Waals surface area contributed by atoms with Crippen molar-refractivity contribution in [2.24, 2.45) is 0 Å². The number of nitrogens with zero attached hydrogens (tertiary/aromatic N) is 3. The fourth-order valence-electron chi connectivity index (χ4n) is 4.24. The molecule has 0 saturated heterocycles. The lowest BCUT2D eigenvalue weighted by Crippen LogP contribution is -2.38. The molecule has 0 radical (unpaired) electrons. The molecule has 8 heteroatoms. The standard InChI is InChI=1S/C26H34N4O3S/c1-20(2)30(18-22-11-9-21(17-27)10-12-22)19-26(31)28-23-13-15-25(16-14-23)34(32,33)29(3)24-7-5-4-6-8-24/h9-16,20,24H,4-8,18-19H2,1-3H3,(H,28,31). The molecule has 0 aliphatic heterocycles. The average molecular weight is 483 g/mol. The average Bonchev–Trinajstić information content (AvgIpc) is 2.84. The van der Waals surface area contributed by atoms with E-state index in [9.17, 15) is 13.2 Å². The van der Waals surface area contributed by atoms with Gasteiger partial charge in [0.05, 0.1) is 23.1 Å². The summed E-state index contributed by atoms with van der Waals surface area (Å²) < 4.78 is 27.5. The number of nitriles is 1. The largest absolute Gasteiger partial charge is 0.325 e. The molecular weight excluding hydrogens is 448 g/mol. The molecule has 7 nitrogen and oxygen atoms in total. The van der Waals surface area contributed by atoms with Crippen LogP contribution in [-0.4, -0.2) is 49.2 Å². The maximum atomic E-state index is 13.0. The van der Waals surface area contributed by atoms with E-state index in [1.165, 1.54) is 10.7 Å². The molecule has 0 unspecified atom stereocenters. The van der Waals surface area contributed by atoms with Crippen LogP contribution in [0.25, 0.3) is 0 Å². The third-order valence-electron chi connectivity index (χ3n) is 6.45. The number of sulfonamides is 1. The first-order chi connectivity index (χ1) is 16.2. The van der Waals surface area contributed by atoms with Gasteiger partial charge in [-0.1, -0.05) is 31.4 Å². The fourth-order valence-corrected chi connectivity index (χ4v) is 5.66. The SMILES string of the molecule is CC(C)N(CC(=O)Nc1ccc(S(=O)(=O)N(C)C2CCCCC2)cc1)Cc1ccc(C#N)cc1. The Labute approximate surface area is 203 Å². The number of nitrogens with one attached hydrogen (secondary N) is 1. The second-order valence-corrected chi connectivity index (χ2v) is 11.2. The number of carbonyl (C=O) groups is 1. The normalized spacial score (nSPS) is 15.0. The molecule has 1 saturated carbocycles. The lowest BCUT2D eigenvalue weighted by atomic mass is 9.96. The first-order valence-corrected chi connectivity index (χ1v) is 13.3. The predicted octanol–water partition coefficient (Wildman–Crippen LogP) is 4.36. The quantitative estimate of drug-likeness (QED) is 0.573. The van der Waals surface area contributed by atoms with Crippen molar-refractivity contribution in [1.82, 2.24) is 9.21 Å². The van der Waals surface area contributed by atoms with Gasteiger partial charge in [0.1, 0.15) is 0 Å². The van der Waals surface area contributed by atoms with Crippen molar-refractivity contribution in [3.05, 3.63) is 59.7 Å². The second-order valence-electron chi connectivity index (χ2n) is 9.19. The van der Waals surface area contributed by atoms with Crippen molar-refractivity contribution in [3.63, 3.8) is 0 Å². The van der Waals surface area contributed by atoms with E-state index in [1.807, 2.05) is 30.9 Å². The molecule has 0 bridgehead atoms. The van der Waals surface area contributed by atoms with Gasteiger partial charge in [0.25, 0.3) is 0 Å². The Morgan fingerprint density at radius 1 is 1.06 bits per heavy atom. The minimum absolute atomic E-state index is 0.0521. The number of amides is 1. The maximum absolute atomic E-state index is 13.0. The summed E-state index contributed by atoms with van der Waals surface area (Å²) in [7, 11) is -1.90. The van der Waals surface area contributed by atoms with Crippen molar-refractivity contribution >= 4 is 21.6 Å². The maximum Gasteiger partial charge on any atom is 0.243 e. The van der Waals surface area contributed by atoms with Gasteiger partial charge in [0.15, 0.2) is 0 Å². The lowest BCUT2D eigenvalue weighted by Gasteiger charge is -2.30. The van der Waals surface area contributed by atoms with Crippen molar-refractivity contribution in [2.45, 2.75) is 69.5 Å². The Morgan fingerprint density at radius 3 is 2.24 bits per heavy atom. The van der Waals surface area contributed by atoms with Gasteiger partial charge in [-0.3, -0.25) is 9.69 Å². The highest BCUT2D eigenvalue weighted by Crippen LogP contribution is 2.27. The van der Waals surface area contributed by atoms with Crippen molar-refractivity contribution < 1.29 is 13.2 Å². The summed E-state index contributed by atoms with van der Waals surface area (Å²) in [4.78, 5) is 15.0. The van der Waals surface area contributed by atoms with Crippen LogP contribution >= 0.6 is 0 Å². The van der Waals surface area contributed by atoms with Crippen molar-refractivity contribution in [2.75, 3.05) is 18.9 Å². The molecule has 1 fully saturated rings. The third-order valence-corrected chi connectivity index (χ3v) is 8.37. The van der Waals surface area contributed by atoms with Gasteiger partial charge in [-0.25, -0.2) is 8.42 Å². The highest BCUT2D eigenvalue weighted by atomic mass is 32.2. The van der Waals surface area contributed by atoms with Gasteiger partial charge in [-0.15, -0.1) is 0 Å². The zero-order valence-corrected chi connectivity index (χ0v) is 21.0. The lowest BCUT2D eigenvalue weighted by molar-refractivity contribution is -0.117. The molecule has 2 aromatic rings. The molecular formula is C26H34N4O3S. The van der Waals surface area contributed by atoms with Crippen molar-refractivity contribution in [3.8, 4) is 6.07 Å². The van der Waals surface area contributed by atoms with Crippen LogP contribution in [0.15, 0.2) is 53.4 Å². The second kappa shape index (κ2) is 11.6. The Hall–Kier alpha value is -2.73. The van der Waals surface area contributed by atoms with Gasteiger partial charge >= 0.3 is 0 Å². The minimum Gasteiger partial charge on any atom is -0.325 e. The zero-order valence-electron chi connectivity index (χ0n) is 20.2. The molecule has 1 aliphatic rings. The first-order valence-electron chi connectivity index (χ1n) is 11.8. The monoisotopic (exact) mass is 482 g/mol. The van der Waals surface area contributed by atoms with E-state index in [-0.39, 0.29) is 29.4 Å². The molecule has 1 aliphatic carbocycles. The third kappa shape index (κ3) is 6.66. The zero-order chi connectivity index (χ0) is 24.7. The summed E-state index contributed by atoms with van der Waals surface area (Å²) in [6.45, 7) is 4.84. The van der Waals surface area contributed by atoms with Gasteiger partial charge in [0.2, 0.25) is 15.9 Å². The molecule has 2 aromatic carbocycles. The number of anilines is 1. The van der Waals surface area contributed by atoms with E-state index in [2.05, 4.69) is 11.4 Å². The summed E-state index contributed by atoms with van der Waals surface area (Å²) in [5.41, 5.74) is 2.19. The first kappa shape index (κ1) is 25.9. The minimum atomic E-state index is -3.56. The van der Waals surface area contributed by atoms with Gasteiger partial charge < -0.3 is 5.32 Å². The van der Waals surface area contributed by atoms with E-state index in [4.69, 9.17) is 5.26 Å². The van der Waals surface area contributed by atoms with Gasteiger partial charge in [-0.2, -0.15) is 9.57 Å². The Bertz CT molecular complexity index is 1100. The van der Waals surface area contributed by atoms with Crippen LogP contribution in [0.1, 0.15) is 57.1 Å². The molecule has 0 spiro atoms. The molecule has 34 heavy (non-hydrogen) atoms. The number of hydrogen-bond donors (Lipinski definition) is 1. The van der Waals surface area contributed by atoms with Crippen LogP contribution in [0, 0.1) is 11.3 Å². The van der Waals surface area contributed by atoms with E-state index in [1.54, 1.807) is 43.4 Å². The number of carbonyl (C=O) groups excluding carboxylic acids is 1. The van der Waals surface area contributed by atoms with Crippen LogP contribution < -0.4 is 5.32 Å². The Kier molecular flexibility index (Phi) is 8.84. The summed E-state index contributed by atoms with van der Waals surface area (Å²) in [5, 5.41) is 11.8. The van der Waals surface area contributed by atoms with Crippen LogP contribution in [-0.2, 0) is 21.4 Å².